The van der Waals surface area contributed by atoms with E-state index in [0.717, 1.165) is 4.47 Å². The zero-order chi connectivity index (χ0) is 11.8. The predicted octanol–water partition coefficient (Wildman–Crippen LogP) is 1.56. The van der Waals surface area contributed by atoms with Crippen molar-refractivity contribution in [3.8, 4) is 5.75 Å². The molecule has 16 heavy (non-hydrogen) atoms. The van der Waals surface area contributed by atoms with E-state index in [-0.39, 0.29) is 0 Å². The quantitative estimate of drug-likeness (QED) is 0.796. The molecule has 2 N–H and O–H groups in total. The number of halogens is 1. The van der Waals surface area contributed by atoms with Crippen molar-refractivity contribution < 1.29 is 14.3 Å². The van der Waals surface area contributed by atoms with Crippen LogP contribution in [-0.2, 0) is 15.1 Å². The van der Waals surface area contributed by atoms with Crippen molar-refractivity contribution in [3.05, 3.63) is 28.2 Å². The van der Waals surface area contributed by atoms with E-state index < -0.39 is 11.5 Å². The smallest absolute Gasteiger partial charge is 0.330 e. The molecule has 0 saturated heterocycles. The summed E-state index contributed by atoms with van der Waals surface area (Å²) >= 11 is 3.35. The van der Waals surface area contributed by atoms with Crippen LogP contribution in [0, 0.1) is 0 Å². The first kappa shape index (κ1) is 11.4. The van der Waals surface area contributed by atoms with Gasteiger partial charge in [0.25, 0.3) is 0 Å². The molecule has 1 heterocycles. The van der Waals surface area contributed by atoms with Gasteiger partial charge in [-0.3, -0.25) is 0 Å². The van der Waals surface area contributed by atoms with Gasteiger partial charge in [0.1, 0.15) is 11.3 Å². The minimum absolute atomic E-state index is 0.417. The highest BCUT2D eigenvalue weighted by molar-refractivity contribution is 9.10. The Labute approximate surface area is 102 Å². The van der Waals surface area contributed by atoms with Gasteiger partial charge in [0.05, 0.1) is 13.7 Å². The van der Waals surface area contributed by atoms with Gasteiger partial charge in [-0.25, -0.2) is 4.79 Å². The van der Waals surface area contributed by atoms with Gasteiger partial charge in [-0.05, 0) is 18.2 Å². The molecule has 0 radical (unpaired) electrons. The van der Waals surface area contributed by atoms with E-state index in [4.69, 9.17) is 15.2 Å². The normalized spacial score (nSPS) is 23.2. The van der Waals surface area contributed by atoms with Crippen LogP contribution in [0.1, 0.15) is 12.0 Å². The highest BCUT2D eigenvalue weighted by atomic mass is 79.9. The van der Waals surface area contributed by atoms with Gasteiger partial charge >= 0.3 is 5.97 Å². The SMILES string of the molecule is COC(=O)C1(N)CCOc2ccc(Br)cc21. The molecule has 4 nitrogen and oxygen atoms in total. The molecule has 1 unspecified atom stereocenters. The Hall–Kier alpha value is -1.07. The first-order valence-electron chi connectivity index (χ1n) is 4.88. The van der Waals surface area contributed by atoms with Gasteiger partial charge in [0.2, 0.25) is 0 Å². The molecule has 86 valence electrons. The van der Waals surface area contributed by atoms with Crippen LogP contribution < -0.4 is 10.5 Å². The van der Waals surface area contributed by atoms with Gasteiger partial charge in [-0.1, -0.05) is 15.9 Å². The van der Waals surface area contributed by atoms with Crippen LogP contribution in [0.5, 0.6) is 5.75 Å². The van der Waals surface area contributed by atoms with Crippen molar-refractivity contribution in [1.29, 1.82) is 0 Å². The summed E-state index contributed by atoms with van der Waals surface area (Å²) in [6, 6.07) is 5.44. The van der Waals surface area contributed by atoms with Gasteiger partial charge < -0.3 is 15.2 Å². The van der Waals surface area contributed by atoms with E-state index in [0.29, 0.717) is 24.3 Å². The molecule has 0 spiro atoms. The summed E-state index contributed by atoms with van der Waals surface area (Å²) in [4.78, 5) is 11.7. The summed E-state index contributed by atoms with van der Waals surface area (Å²) in [5.41, 5.74) is 5.68. The van der Waals surface area contributed by atoms with Gasteiger partial charge in [0, 0.05) is 16.5 Å². The second-order valence-corrected chi connectivity index (χ2v) is 4.62. The van der Waals surface area contributed by atoms with Gasteiger partial charge in [-0.2, -0.15) is 0 Å². The largest absolute Gasteiger partial charge is 0.493 e. The molecule has 1 aromatic rings. The lowest BCUT2D eigenvalue weighted by Gasteiger charge is -2.32. The maximum atomic E-state index is 11.7. The third kappa shape index (κ3) is 1.70. The molecular formula is C11H12BrNO3. The fourth-order valence-corrected chi connectivity index (χ4v) is 2.19. The number of fused-ring (bicyclic) bond motifs is 1. The standard InChI is InChI=1S/C11H12BrNO3/c1-15-10(14)11(13)4-5-16-9-3-2-7(12)6-8(9)11/h2-3,6H,4-5,13H2,1H3. The highest BCUT2D eigenvalue weighted by Crippen LogP contribution is 2.37. The second kappa shape index (κ2) is 4.07. The molecule has 0 amide bonds. The summed E-state index contributed by atoms with van der Waals surface area (Å²) in [7, 11) is 1.34. The summed E-state index contributed by atoms with van der Waals surface area (Å²) in [6.45, 7) is 0.417. The van der Waals surface area contributed by atoms with Gasteiger partial charge in [-0.15, -0.1) is 0 Å². The molecule has 0 aromatic heterocycles. The highest BCUT2D eigenvalue weighted by Gasteiger charge is 2.42. The van der Waals surface area contributed by atoms with Crippen LogP contribution in [-0.4, -0.2) is 19.7 Å². The third-order valence-electron chi connectivity index (χ3n) is 2.73. The number of nitrogens with two attached hydrogens (primary N) is 1. The Morgan fingerprint density at radius 2 is 2.38 bits per heavy atom. The second-order valence-electron chi connectivity index (χ2n) is 3.70. The van der Waals surface area contributed by atoms with E-state index in [2.05, 4.69) is 15.9 Å². The summed E-state index contributed by atoms with van der Waals surface area (Å²) in [5.74, 6) is 0.206. The van der Waals surface area contributed by atoms with Crippen LogP contribution in [0.2, 0.25) is 0 Å². The molecular weight excluding hydrogens is 274 g/mol. The van der Waals surface area contributed by atoms with Gasteiger partial charge in [0.15, 0.2) is 0 Å². The van der Waals surface area contributed by atoms with Crippen LogP contribution >= 0.6 is 15.9 Å². The number of carbonyl (C=O) groups is 1. The van der Waals surface area contributed by atoms with E-state index in [1.165, 1.54) is 7.11 Å². The molecule has 2 rings (SSSR count). The predicted molar refractivity (Wildman–Crippen MR) is 62.1 cm³/mol. The lowest BCUT2D eigenvalue weighted by atomic mass is 9.85. The van der Waals surface area contributed by atoms with Crippen molar-refractivity contribution >= 4 is 21.9 Å². The number of hydrogen-bond acceptors (Lipinski definition) is 4. The van der Waals surface area contributed by atoms with Crippen molar-refractivity contribution in [3.63, 3.8) is 0 Å². The summed E-state index contributed by atoms with van der Waals surface area (Å²) in [6.07, 6.45) is 0.420. The first-order valence-corrected chi connectivity index (χ1v) is 5.67. The Bertz CT molecular complexity index is 435. The Balaban J connectivity index is 2.54. The van der Waals surface area contributed by atoms with Crippen LogP contribution in [0.4, 0.5) is 0 Å². The maximum absolute atomic E-state index is 11.7. The molecule has 0 bridgehead atoms. The average molecular weight is 286 g/mol. The zero-order valence-corrected chi connectivity index (χ0v) is 10.4. The third-order valence-corrected chi connectivity index (χ3v) is 3.22. The number of methoxy groups -OCH3 is 1. The Morgan fingerprint density at radius 3 is 3.06 bits per heavy atom. The van der Waals surface area contributed by atoms with E-state index in [9.17, 15) is 4.79 Å². The molecule has 0 saturated carbocycles. The van der Waals surface area contributed by atoms with E-state index in [1.807, 2.05) is 6.07 Å². The number of ether oxygens (including phenoxy) is 2. The molecule has 5 heteroatoms. The monoisotopic (exact) mass is 285 g/mol. The molecule has 1 aromatic carbocycles. The molecule has 1 aliphatic rings. The zero-order valence-electron chi connectivity index (χ0n) is 8.83. The van der Waals surface area contributed by atoms with Crippen LogP contribution in [0.25, 0.3) is 0 Å². The number of carbonyl (C=O) groups excluding carboxylic acids is 1. The first-order chi connectivity index (χ1) is 7.58. The fourth-order valence-electron chi connectivity index (χ4n) is 1.83. The Morgan fingerprint density at radius 1 is 1.62 bits per heavy atom. The van der Waals surface area contributed by atoms with E-state index in [1.54, 1.807) is 12.1 Å². The number of hydrogen-bond donors (Lipinski definition) is 1. The minimum atomic E-state index is -1.11. The topological polar surface area (TPSA) is 61.5 Å². The Kier molecular flexibility index (Phi) is 2.90. The lowest BCUT2D eigenvalue weighted by molar-refractivity contribution is -0.148. The van der Waals surface area contributed by atoms with Crippen LogP contribution in [0.15, 0.2) is 22.7 Å². The van der Waals surface area contributed by atoms with Crippen molar-refractivity contribution in [2.45, 2.75) is 12.0 Å². The average Bonchev–Trinajstić information content (AvgIpc) is 2.29. The van der Waals surface area contributed by atoms with Crippen molar-refractivity contribution in [2.75, 3.05) is 13.7 Å². The molecule has 0 fully saturated rings. The summed E-state index contributed by atoms with van der Waals surface area (Å²) in [5, 5.41) is 0. The minimum Gasteiger partial charge on any atom is -0.493 e. The van der Waals surface area contributed by atoms with Crippen molar-refractivity contribution in [1.82, 2.24) is 0 Å². The molecule has 0 aliphatic carbocycles. The summed E-state index contributed by atoms with van der Waals surface area (Å²) < 4.78 is 11.1. The number of benzene rings is 1. The van der Waals surface area contributed by atoms with Crippen LogP contribution in [0.3, 0.4) is 0 Å². The number of esters is 1. The van der Waals surface area contributed by atoms with E-state index >= 15 is 0 Å². The molecule has 1 aliphatic heterocycles. The number of rotatable bonds is 1. The lowest BCUT2D eigenvalue weighted by Crippen LogP contribution is -2.49. The molecule has 1 atom stereocenters. The maximum Gasteiger partial charge on any atom is 0.330 e. The van der Waals surface area contributed by atoms with Crippen molar-refractivity contribution in [2.24, 2.45) is 5.73 Å². The fraction of sp³-hybridized carbons (Fsp3) is 0.364.